The maximum Gasteiger partial charge on any atom is 0.0319 e. The van der Waals surface area contributed by atoms with Crippen molar-refractivity contribution in [2.75, 3.05) is 24.6 Å². The molecular weight excluding hydrogens is 228 g/mol. The van der Waals surface area contributed by atoms with Crippen molar-refractivity contribution in [3.63, 3.8) is 0 Å². The van der Waals surface area contributed by atoms with Crippen LogP contribution in [0.5, 0.6) is 0 Å². The summed E-state index contributed by atoms with van der Waals surface area (Å²) in [4.78, 5) is 0. The summed E-state index contributed by atoms with van der Waals surface area (Å²) >= 11 is 2.06. The van der Waals surface area contributed by atoms with Gasteiger partial charge in [-0.3, -0.25) is 0 Å². The van der Waals surface area contributed by atoms with Gasteiger partial charge in [0, 0.05) is 12.1 Å². The van der Waals surface area contributed by atoms with Crippen LogP contribution >= 0.6 is 11.8 Å². The number of thioether (sulfide) groups is 1. The summed E-state index contributed by atoms with van der Waals surface area (Å²) < 4.78 is 0. The SMILES string of the molecule is CC(C)C(CNC1(CN)CCSCC1)C(C)C. The van der Waals surface area contributed by atoms with E-state index in [9.17, 15) is 0 Å². The van der Waals surface area contributed by atoms with Crippen LogP contribution in [0, 0.1) is 17.8 Å². The lowest BCUT2D eigenvalue weighted by atomic mass is 9.84. The maximum absolute atomic E-state index is 6.00. The van der Waals surface area contributed by atoms with Gasteiger partial charge in [-0.25, -0.2) is 0 Å². The molecule has 0 saturated carbocycles. The van der Waals surface area contributed by atoms with Crippen molar-refractivity contribution in [3.8, 4) is 0 Å². The lowest BCUT2D eigenvalue weighted by molar-refractivity contribution is 0.222. The van der Waals surface area contributed by atoms with Crippen LogP contribution in [0.1, 0.15) is 40.5 Å². The van der Waals surface area contributed by atoms with Crippen molar-refractivity contribution in [1.29, 1.82) is 0 Å². The Bertz CT molecular complexity index is 202. The molecule has 0 aromatic heterocycles. The minimum Gasteiger partial charge on any atom is -0.329 e. The Morgan fingerprint density at radius 1 is 1.12 bits per heavy atom. The molecule has 1 fully saturated rings. The van der Waals surface area contributed by atoms with Crippen molar-refractivity contribution in [3.05, 3.63) is 0 Å². The van der Waals surface area contributed by atoms with Gasteiger partial charge in [0.15, 0.2) is 0 Å². The first kappa shape index (κ1) is 15.3. The highest BCUT2D eigenvalue weighted by atomic mass is 32.2. The van der Waals surface area contributed by atoms with Gasteiger partial charge in [-0.2, -0.15) is 11.8 Å². The van der Waals surface area contributed by atoms with Gasteiger partial charge in [-0.15, -0.1) is 0 Å². The fourth-order valence-corrected chi connectivity index (χ4v) is 4.07. The molecule has 2 nitrogen and oxygen atoms in total. The predicted octanol–water partition coefficient (Wildman–Crippen LogP) is 2.73. The van der Waals surface area contributed by atoms with Crippen LogP contribution < -0.4 is 11.1 Å². The number of nitrogens with two attached hydrogens (primary N) is 1. The molecule has 0 atom stereocenters. The second-order valence-corrected chi connectivity index (χ2v) is 7.35. The zero-order valence-corrected chi connectivity index (χ0v) is 12.8. The van der Waals surface area contributed by atoms with Gasteiger partial charge >= 0.3 is 0 Å². The van der Waals surface area contributed by atoms with E-state index in [0.29, 0.717) is 0 Å². The second-order valence-electron chi connectivity index (χ2n) is 6.13. The van der Waals surface area contributed by atoms with E-state index in [-0.39, 0.29) is 5.54 Å². The largest absolute Gasteiger partial charge is 0.329 e. The molecule has 3 heteroatoms. The van der Waals surface area contributed by atoms with Crippen LogP contribution in [0.25, 0.3) is 0 Å². The molecule has 1 rings (SSSR count). The zero-order valence-electron chi connectivity index (χ0n) is 12.0. The Morgan fingerprint density at radius 3 is 2.06 bits per heavy atom. The third-order valence-electron chi connectivity index (χ3n) is 4.27. The summed E-state index contributed by atoms with van der Waals surface area (Å²) in [6.07, 6.45) is 2.47. The highest BCUT2D eigenvalue weighted by Gasteiger charge is 2.31. The summed E-state index contributed by atoms with van der Waals surface area (Å²) in [7, 11) is 0. The van der Waals surface area contributed by atoms with Crippen LogP contribution in [-0.4, -0.2) is 30.1 Å². The Hall–Kier alpha value is 0.270. The van der Waals surface area contributed by atoms with E-state index in [0.717, 1.165) is 30.8 Å². The fraction of sp³-hybridized carbons (Fsp3) is 1.00. The van der Waals surface area contributed by atoms with Gasteiger partial charge in [0.05, 0.1) is 0 Å². The van der Waals surface area contributed by atoms with Crippen LogP contribution in [-0.2, 0) is 0 Å². The number of hydrogen-bond acceptors (Lipinski definition) is 3. The molecule has 0 radical (unpaired) electrons. The average molecular weight is 258 g/mol. The quantitative estimate of drug-likeness (QED) is 0.769. The molecule has 0 bridgehead atoms. The van der Waals surface area contributed by atoms with Gasteiger partial charge in [0.25, 0.3) is 0 Å². The third kappa shape index (κ3) is 4.46. The summed E-state index contributed by atoms with van der Waals surface area (Å²) in [5.41, 5.74) is 6.23. The van der Waals surface area contributed by atoms with Gasteiger partial charge < -0.3 is 11.1 Å². The Morgan fingerprint density at radius 2 is 1.65 bits per heavy atom. The molecule has 17 heavy (non-hydrogen) atoms. The Labute approximate surface area is 111 Å². The lowest BCUT2D eigenvalue weighted by Crippen LogP contribution is -2.55. The summed E-state index contributed by atoms with van der Waals surface area (Å²) in [5, 5.41) is 3.81. The Balaban J connectivity index is 2.50. The van der Waals surface area contributed by atoms with E-state index < -0.39 is 0 Å². The van der Waals surface area contributed by atoms with Crippen LogP contribution in [0.4, 0.5) is 0 Å². The van der Waals surface area contributed by atoms with E-state index in [1.165, 1.54) is 24.3 Å². The van der Waals surface area contributed by atoms with Gasteiger partial charge in [0.2, 0.25) is 0 Å². The summed E-state index contributed by atoms with van der Waals surface area (Å²) in [5.74, 6) is 4.77. The van der Waals surface area contributed by atoms with Crippen molar-refractivity contribution < 1.29 is 0 Å². The van der Waals surface area contributed by atoms with Crippen LogP contribution in [0.15, 0.2) is 0 Å². The van der Waals surface area contributed by atoms with E-state index in [4.69, 9.17) is 5.73 Å². The molecule has 0 unspecified atom stereocenters. The van der Waals surface area contributed by atoms with Gasteiger partial charge in [-0.1, -0.05) is 27.7 Å². The van der Waals surface area contributed by atoms with Crippen molar-refractivity contribution in [1.82, 2.24) is 5.32 Å². The molecule has 0 spiro atoms. The van der Waals surface area contributed by atoms with Crippen molar-refractivity contribution in [2.45, 2.75) is 46.1 Å². The molecule has 0 amide bonds. The first-order chi connectivity index (χ1) is 8.01. The molecule has 0 aliphatic carbocycles. The molecule has 1 saturated heterocycles. The molecule has 0 aromatic carbocycles. The second kappa shape index (κ2) is 7.01. The molecule has 102 valence electrons. The molecule has 1 heterocycles. The number of hydrogen-bond donors (Lipinski definition) is 2. The number of nitrogens with one attached hydrogen (secondary N) is 1. The maximum atomic E-state index is 6.00. The minimum absolute atomic E-state index is 0.229. The fourth-order valence-electron chi connectivity index (χ4n) is 2.79. The minimum atomic E-state index is 0.229. The molecule has 1 aliphatic heterocycles. The van der Waals surface area contributed by atoms with E-state index in [1.807, 2.05) is 0 Å². The summed E-state index contributed by atoms with van der Waals surface area (Å²) in [6.45, 7) is 11.2. The van der Waals surface area contributed by atoms with Gasteiger partial charge in [0.1, 0.15) is 0 Å². The zero-order chi connectivity index (χ0) is 12.9. The topological polar surface area (TPSA) is 38.0 Å². The van der Waals surface area contributed by atoms with E-state index in [1.54, 1.807) is 0 Å². The molecule has 0 aromatic rings. The molecule has 1 aliphatic rings. The average Bonchev–Trinajstić information content (AvgIpc) is 2.29. The highest BCUT2D eigenvalue weighted by Crippen LogP contribution is 2.27. The molecular formula is C14H30N2S. The van der Waals surface area contributed by atoms with E-state index >= 15 is 0 Å². The smallest absolute Gasteiger partial charge is 0.0319 e. The standard InChI is InChI=1S/C14H30N2S/c1-11(2)13(12(3)4)9-16-14(10-15)5-7-17-8-6-14/h11-13,16H,5-10,15H2,1-4H3. The highest BCUT2D eigenvalue weighted by molar-refractivity contribution is 7.99. The number of rotatable bonds is 6. The van der Waals surface area contributed by atoms with Crippen molar-refractivity contribution in [2.24, 2.45) is 23.5 Å². The monoisotopic (exact) mass is 258 g/mol. The van der Waals surface area contributed by atoms with E-state index in [2.05, 4.69) is 44.8 Å². The third-order valence-corrected chi connectivity index (χ3v) is 5.25. The first-order valence-electron chi connectivity index (χ1n) is 7.03. The summed E-state index contributed by atoms with van der Waals surface area (Å²) in [6, 6.07) is 0. The Kier molecular flexibility index (Phi) is 6.32. The van der Waals surface area contributed by atoms with Crippen LogP contribution in [0.2, 0.25) is 0 Å². The van der Waals surface area contributed by atoms with Crippen molar-refractivity contribution >= 4 is 11.8 Å². The van der Waals surface area contributed by atoms with Crippen LogP contribution in [0.3, 0.4) is 0 Å². The normalized spacial score (nSPS) is 20.5. The van der Waals surface area contributed by atoms with Gasteiger partial charge in [-0.05, 0) is 48.6 Å². The predicted molar refractivity (Wildman–Crippen MR) is 79.5 cm³/mol. The first-order valence-corrected chi connectivity index (χ1v) is 8.19. The molecule has 3 N–H and O–H groups in total. The lowest BCUT2D eigenvalue weighted by Gasteiger charge is -2.39.